The molecule has 0 bridgehead atoms. The number of nitrogen functional groups attached to an aromatic ring is 1. The number of benzene rings is 11. The Morgan fingerprint density at radius 1 is 0.345 bits per heavy atom. The molecule has 0 spiro atoms. The molecule has 0 saturated heterocycles. The first-order chi connectivity index (χ1) is 52.8. The summed E-state index contributed by atoms with van der Waals surface area (Å²) in [5.41, 5.74) is -3.46. The average Bonchev–Trinajstić information content (AvgIpc) is 0.745. The molecular weight excluding hydrogens is 1720 g/mol. The fraction of sp³-hybridized carbons (Fsp3) is 0. The van der Waals surface area contributed by atoms with Crippen molar-refractivity contribution in [1.29, 1.82) is 0 Å². The summed E-state index contributed by atoms with van der Waals surface area (Å²) in [5.74, 6) is -4.13. The number of anilines is 1. The summed E-state index contributed by atoms with van der Waals surface area (Å²) in [5, 5.41) is 117. The second kappa shape index (κ2) is 31.7. The Labute approximate surface area is 640 Å². The van der Waals surface area contributed by atoms with Crippen LogP contribution in [0.15, 0.2) is 227 Å². The largest absolute Gasteiger partial charge is 0.505 e. The number of nitro benzene ring substituents is 1. The molecule has 57 heteroatoms. The highest BCUT2D eigenvalue weighted by molar-refractivity contribution is 7.95. The Morgan fingerprint density at radius 3 is 1.31 bits per heavy atom. The lowest BCUT2D eigenvalue weighted by Gasteiger charge is -2.15. The van der Waals surface area contributed by atoms with Crippen LogP contribution in [0.2, 0.25) is 0 Å². The summed E-state index contributed by atoms with van der Waals surface area (Å²) < 4.78 is 269. The van der Waals surface area contributed by atoms with E-state index < -0.39 is 216 Å². The molecule has 0 heterocycles. The molecule has 11 aromatic rings. The number of azo groups is 5. The van der Waals surface area contributed by atoms with Gasteiger partial charge in [0.2, 0.25) is 0 Å². The van der Waals surface area contributed by atoms with Gasteiger partial charge in [-0.2, -0.15) is 64.0 Å². The van der Waals surface area contributed by atoms with Crippen LogP contribution in [0, 0.1) is 10.1 Å². The number of phenols is 3. The van der Waals surface area contributed by atoms with Crippen molar-refractivity contribution in [3.8, 4) is 17.2 Å². The molecule has 0 aromatic heterocycles. The van der Waals surface area contributed by atoms with E-state index in [9.17, 15) is 116 Å². The zero-order chi connectivity index (χ0) is 82.6. The van der Waals surface area contributed by atoms with Gasteiger partial charge in [-0.15, -0.1) is 59.0 Å². The number of non-ortho nitro benzene ring substituents is 1. The van der Waals surface area contributed by atoms with Crippen LogP contribution in [0.4, 0.5) is 68.2 Å². The molecule has 0 aliphatic carbocycles. The van der Waals surface area contributed by atoms with Crippen molar-refractivity contribution >= 4 is 229 Å². The summed E-state index contributed by atoms with van der Waals surface area (Å²) in [6.45, 7) is 0. The molecular formula is C56H36N12O35S10. The molecule has 0 saturated carbocycles. The van der Waals surface area contributed by atoms with Gasteiger partial charge in [-0.25, -0.2) is 15.8 Å². The maximum atomic E-state index is 13.4. The average molecular weight is 1760 g/mol. The third kappa shape index (κ3) is 17.5. The third-order valence-corrected chi connectivity index (χ3v) is 23.5. The summed E-state index contributed by atoms with van der Waals surface area (Å²) in [6, 6.07) is 19.0. The van der Waals surface area contributed by atoms with E-state index in [2.05, 4.69) is 79.3 Å². The minimum atomic E-state index is -5.91. The van der Waals surface area contributed by atoms with Crippen LogP contribution in [-0.2, 0) is 98.9 Å². The van der Waals surface area contributed by atoms with E-state index in [4.69, 9.17) is 21.5 Å². The lowest BCUT2D eigenvalue weighted by atomic mass is 10.0. The van der Waals surface area contributed by atoms with E-state index in [-0.39, 0.29) is 66.5 Å². The fourth-order valence-electron chi connectivity index (χ4n) is 10.8. The molecule has 113 heavy (non-hydrogen) atoms. The van der Waals surface area contributed by atoms with Gasteiger partial charge >= 0.3 is 0 Å². The van der Waals surface area contributed by atoms with Crippen molar-refractivity contribution < 1.29 is 155 Å². The Kier molecular flexibility index (Phi) is 23.4. The predicted octanol–water partition coefficient (Wildman–Crippen LogP) is 14.1. The van der Waals surface area contributed by atoms with Gasteiger partial charge in [0.25, 0.3) is 76.5 Å². The summed E-state index contributed by atoms with van der Waals surface area (Å²) in [6.07, 6.45) is 0. The van der Waals surface area contributed by atoms with Crippen LogP contribution >= 0.6 is 36.1 Å². The van der Waals surface area contributed by atoms with Crippen LogP contribution in [-0.4, -0.2) is 127 Å². The lowest BCUT2D eigenvalue weighted by Crippen LogP contribution is -2.04. The third-order valence-electron chi connectivity index (χ3n) is 15.3. The molecule has 0 radical (unpaired) electrons. The van der Waals surface area contributed by atoms with Gasteiger partial charge in [0.15, 0.2) is 17.2 Å². The summed E-state index contributed by atoms with van der Waals surface area (Å²) in [7, 11) is -39.3. The number of nitrogens with two attached hydrogens (primary N) is 1. The van der Waals surface area contributed by atoms with Crippen molar-refractivity contribution in [2.45, 2.75) is 49.0 Å². The number of fused-ring (bicyclic) bond motifs is 5. The summed E-state index contributed by atoms with van der Waals surface area (Å²) in [4.78, 5) is 0.740. The first kappa shape index (κ1) is 83.3. The maximum Gasteiger partial charge on any atom is 0.297 e. The molecule has 0 unspecified atom stereocenters. The van der Waals surface area contributed by atoms with Crippen LogP contribution in [0.25, 0.3) is 53.9 Å². The van der Waals surface area contributed by atoms with E-state index >= 15 is 0 Å². The number of nitro groups is 1. The molecule has 47 nitrogen and oxygen atoms in total. The first-order valence-corrected chi connectivity index (χ1v) is 41.2. The van der Waals surface area contributed by atoms with Gasteiger partial charge in [-0.3, -0.25) is 42.0 Å². The lowest BCUT2D eigenvalue weighted by molar-refractivity contribution is -0.432. The number of hydrogen-bond acceptors (Lipinski definition) is 42. The van der Waals surface area contributed by atoms with Gasteiger partial charge in [0.05, 0.1) is 74.1 Å². The molecule has 0 aliphatic heterocycles. The number of rotatable bonds is 27. The number of nitrogens with zero attached hydrogens (tertiary/aromatic N) is 11. The highest BCUT2D eigenvalue weighted by atomic mass is 32.2. The Morgan fingerprint density at radius 2 is 0.788 bits per heavy atom. The molecule has 11 aromatic carbocycles. The smallest absolute Gasteiger partial charge is 0.297 e. The number of phenolic OH excluding ortho intramolecular Hbond substituents is 3. The fourth-order valence-corrected chi connectivity index (χ4v) is 17.2. The van der Waals surface area contributed by atoms with Gasteiger partial charge in [0.1, 0.15) is 74.1 Å². The van der Waals surface area contributed by atoms with E-state index in [1.807, 2.05) is 0 Å². The first-order valence-electron chi connectivity index (χ1n) is 28.9. The van der Waals surface area contributed by atoms with E-state index in [0.29, 0.717) is 78.7 Å². The van der Waals surface area contributed by atoms with Gasteiger partial charge in [0, 0.05) is 70.4 Å². The minimum absolute atomic E-state index is 0.00238. The van der Waals surface area contributed by atoms with E-state index in [1.54, 1.807) is 0 Å². The monoisotopic (exact) mass is 1760 g/mol. The number of hydrogen-bond donors (Lipinski definition) is 14. The minimum Gasteiger partial charge on any atom is -0.505 e. The van der Waals surface area contributed by atoms with Crippen LogP contribution in [0.1, 0.15) is 0 Å². The standard InChI is InChI=1S/C56H36N12O35S10/c57-48-39(21-43(108(80,81)82)33-18-41(106-103-100-76)49(54(71)47(33)48)65-61-36-9-4-23(68(72)73)16-44(36)109(83,84)85)64-62-37-10-7-27-31(55(37)112(92,93)94)19-46(111(89,90)91)51(53(27)70)67-63-38-11-8-28-32(56(38)113(95,96)97)20-45(110(86,87)88)50(52(28)69)66-60-35-13-12-34(25-6-5-24(17-29(25)35)104-101-98-74)59-58-22-14-30-26(42(15-22)107(77,78)79)2-1-3-40(30)105-102-99-75/h1-21,69-71,74-76H,57H2,(H,77,78,79)(H,80,81,82)(H,83,84,85)(H,86,87,88)(H,89,90,91)(H,92,93,94)(H,95,96,97). The van der Waals surface area contributed by atoms with E-state index in [0.717, 1.165) is 12.1 Å². The van der Waals surface area contributed by atoms with Gasteiger partial charge in [-0.05, 0) is 97.1 Å². The number of aromatic hydroxyl groups is 3. The Bertz CT molecular complexity index is 6970. The molecule has 0 fully saturated rings. The zero-order valence-electron chi connectivity index (χ0n) is 54.0. The topological polar surface area (TPSA) is 750 Å². The van der Waals surface area contributed by atoms with Crippen molar-refractivity contribution in [2.75, 3.05) is 5.73 Å². The van der Waals surface area contributed by atoms with Gasteiger partial charge in [-0.1, -0.05) is 33.3 Å². The highest BCUT2D eigenvalue weighted by Gasteiger charge is 2.33. The van der Waals surface area contributed by atoms with Crippen LogP contribution in [0.5, 0.6) is 17.2 Å². The molecule has 590 valence electrons. The normalized spacial score (nSPS) is 13.2. The predicted molar refractivity (Wildman–Crippen MR) is 384 cm³/mol. The van der Waals surface area contributed by atoms with Crippen molar-refractivity contribution in [3.63, 3.8) is 0 Å². The van der Waals surface area contributed by atoms with Crippen LogP contribution < -0.4 is 5.73 Å². The second-order valence-electron chi connectivity index (χ2n) is 22.0. The molecule has 15 N–H and O–H groups in total. The van der Waals surface area contributed by atoms with Crippen molar-refractivity contribution in [3.05, 3.63) is 138 Å². The maximum absolute atomic E-state index is 13.4. The Hall–Kier alpha value is -10.6. The van der Waals surface area contributed by atoms with Crippen LogP contribution in [0.3, 0.4) is 0 Å². The SMILES string of the molecule is Nc1c(N=Nc2ccc3c(O)c(N=Nc4ccc5c(O)c(N=Nc6ccc(N=Nc7cc(S(=O)(=O)O)c8cccc(SOOO)c8c7)c7ccc(SOOO)cc67)c(S(=O)(=O)O)cc5c4S(=O)(=O)O)c(S(=O)(=O)O)cc3c2S(=O)(=O)O)cc(S(=O)(=O)O)c2cc(SOOO)c(N=Nc3ccc([N+](=O)[O-])cc3S(=O)(=O)O)c(O)c12. The highest BCUT2D eigenvalue weighted by Crippen LogP contribution is 2.53. The Balaban J connectivity index is 0.999. The molecule has 11 rings (SSSR count). The van der Waals surface area contributed by atoms with Crippen molar-refractivity contribution in [2.24, 2.45) is 51.1 Å². The molecule has 0 atom stereocenters. The quantitative estimate of drug-likeness (QED) is 0.00432. The second-order valence-corrected chi connectivity index (χ2v) is 33.9. The van der Waals surface area contributed by atoms with Crippen molar-refractivity contribution in [1.82, 2.24) is 0 Å². The molecule has 0 aliphatic rings. The van der Waals surface area contributed by atoms with E-state index in [1.165, 1.54) is 54.6 Å². The molecule has 0 amide bonds. The summed E-state index contributed by atoms with van der Waals surface area (Å²) >= 11 is 0.786. The van der Waals surface area contributed by atoms with Gasteiger partial charge < -0.3 is 21.1 Å². The zero-order valence-corrected chi connectivity index (χ0v) is 62.2.